The van der Waals surface area contributed by atoms with Gasteiger partial charge >= 0.3 is 20.4 Å². The van der Waals surface area contributed by atoms with Gasteiger partial charge in [0.1, 0.15) is 11.5 Å². The van der Waals surface area contributed by atoms with Gasteiger partial charge in [0.15, 0.2) is 11.2 Å². The lowest BCUT2D eigenvalue weighted by Gasteiger charge is -2.48. The van der Waals surface area contributed by atoms with E-state index in [1.807, 2.05) is 21.6 Å². The molecule has 2 spiro atoms. The Morgan fingerprint density at radius 1 is 0.560 bits per heavy atom. The molecule has 4 amide bonds. The van der Waals surface area contributed by atoms with Crippen LogP contribution in [0, 0.1) is 35.5 Å². The molecule has 4 fully saturated rings. The molecule has 2 saturated heterocycles. The highest BCUT2D eigenvalue weighted by Gasteiger charge is 2.51. The van der Waals surface area contributed by atoms with E-state index in [1.54, 1.807) is 50.5 Å². The number of nitrogens with zero attached hydrogens (tertiary/aromatic N) is 6. The summed E-state index contributed by atoms with van der Waals surface area (Å²) in [7, 11) is -0.0514. The Morgan fingerprint density at radius 2 is 0.970 bits per heavy atom. The predicted molar refractivity (Wildman–Crippen MR) is 381 cm³/mol. The molecule has 4 aromatic carbocycles. The highest BCUT2D eigenvalue weighted by atomic mass is 35.5. The number of nitrogens with one attached hydrogen (secondary N) is 2. The molecule has 100 heavy (non-hydrogen) atoms. The maximum Gasteiger partial charge on any atom is 0.303 e. The largest absolute Gasteiger partial charge is 0.490 e. The quantitative estimate of drug-likeness (QED) is 0.143. The summed E-state index contributed by atoms with van der Waals surface area (Å²) in [5.41, 5.74) is 0.994. The van der Waals surface area contributed by atoms with E-state index in [4.69, 9.17) is 42.1 Å². The third kappa shape index (κ3) is 14.5. The van der Waals surface area contributed by atoms with Gasteiger partial charge < -0.3 is 48.8 Å². The molecule has 10 aliphatic rings. The van der Waals surface area contributed by atoms with Gasteiger partial charge in [-0.25, -0.2) is 9.44 Å². The van der Waals surface area contributed by atoms with Crippen LogP contribution in [0.3, 0.4) is 0 Å². The number of anilines is 2. The number of fused-ring (bicyclic) bond motifs is 14. The monoisotopic (exact) mass is 1460 g/mol. The molecule has 0 unspecified atom stereocenters. The molecule has 2 saturated carbocycles. The predicted octanol–water partition coefficient (Wildman–Crippen LogP) is 7.99. The van der Waals surface area contributed by atoms with Crippen molar-refractivity contribution in [3.8, 4) is 11.5 Å². The molecule has 0 radical (unpaired) electrons. The number of hydrogen-bond donors (Lipinski definition) is 4. The lowest BCUT2D eigenvalue weighted by molar-refractivity contribution is -0.148. The summed E-state index contributed by atoms with van der Waals surface area (Å²) in [5.74, 6) is 0.309. The lowest BCUT2D eigenvalue weighted by atomic mass is 9.67. The molecule has 0 aromatic heterocycles. The van der Waals surface area contributed by atoms with Crippen molar-refractivity contribution in [2.45, 2.75) is 150 Å². The minimum atomic E-state index is -4.27. The Bertz CT molecular complexity index is 3770. The first-order valence-corrected chi connectivity index (χ1v) is 39.5. The summed E-state index contributed by atoms with van der Waals surface area (Å²) in [5, 5.41) is 26.0. The van der Waals surface area contributed by atoms with Crippen LogP contribution in [-0.2, 0) is 83.9 Å². The summed E-state index contributed by atoms with van der Waals surface area (Å²) >= 11 is 12.9. The lowest BCUT2D eigenvalue weighted by Crippen LogP contribution is -2.52. The van der Waals surface area contributed by atoms with Crippen LogP contribution in [0.4, 0.5) is 11.4 Å². The number of ether oxygens (including phenoxy) is 4. The minimum Gasteiger partial charge on any atom is -0.490 e. The number of carbonyl (C=O) groups is 4. The van der Waals surface area contributed by atoms with E-state index < -0.39 is 68.1 Å². The summed E-state index contributed by atoms with van der Waals surface area (Å²) in [4.78, 5) is 63.1. The van der Waals surface area contributed by atoms with Gasteiger partial charge in [0, 0.05) is 116 Å². The number of benzene rings is 4. The van der Waals surface area contributed by atoms with Crippen LogP contribution >= 0.6 is 23.2 Å². The van der Waals surface area contributed by atoms with Gasteiger partial charge in [-0.1, -0.05) is 47.5 Å². The number of aryl methyl sites for hydroxylation is 2. The second-order valence-electron chi connectivity index (χ2n) is 30.9. The summed E-state index contributed by atoms with van der Waals surface area (Å²) in [6.45, 7) is 5.97. The van der Waals surface area contributed by atoms with E-state index in [1.165, 1.54) is 60.2 Å². The van der Waals surface area contributed by atoms with Crippen molar-refractivity contribution < 1.29 is 65.2 Å². The normalized spacial score (nSPS) is 31.6. The Labute approximate surface area is 599 Å². The molecule has 22 nitrogen and oxygen atoms in total. The van der Waals surface area contributed by atoms with Gasteiger partial charge in [0.05, 0.1) is 49.6 Å². The van der Waals surface area contributed by atoms with E-state index in [0.29, 0.717) is 121 Å². The number of carbonyl (C=O) groups excluding carboxylic acids is 4. The number of hydrogen-bond acceptors (Lipinski definition) is 16. The number of aliphatic hydroxyl groups is 2. The Kier molecular flexibility index (Phi) is 20.8. The van der Waals surface area contributed by atoms with Gasteiger partial charge in [-0.2, -0.15) is 25.4 Å². The SMILES string of the molecule is CN1CC[C@@H]2CCO[C@@H](C2)[C@@H]2CC[C@H]2CN2C[C@@]3(CCCc4cc(Cl)ccc43)COc3ccc(cc32)[C@@](O)(C(=O)NS(=O)(=O)N(C)C)CC1=O.CN1CC[C@@H]2CCO[C@@H](C2)[C@@H]2CC[C@H]2CN2C[C@@]3(CCCc4cc(Cl)ccc43)COc3ccc(cc32)[C@](O)(C(=O)NS(=O)(=O)N(C)C)CC1=O. The van der Waals surface area contributed by atoms with Crippen LogP contribution in [0.2, 0.25) is 10.0 Å². The van der Waals surface area contributed by atoms with Crippen molar-refractivity contribution in [2.24, 2.45) is 35.5 Å². The molecule has 14 rings (SSSR count). The zero-order chi connectivity index (χ0) is 70.8. The zero-order valence-corrected chi connectivity index (χ0v) is 61.5. The topological polar surface area (TPSA) is 257 Å². The molecule has 12 atom stereocenters. The van der Waals surface area contributed by atoms with Crippen molar-refractivity contribution in [1.29, 1.82) is 0 Å². The molecular weight excluding hydrogens is 1360 g/mol. The summed E-state index contributed by atoms with van der Waals surface area (Å²) < 4.78 is 83.3. The van der Waals surface area contributed by atoms with Crippen molar-refractivity contribution in [3.05, 3.63) is 116 Å². The molecule has 4 aromatic rings. The van der Waals surface area contributed by atoms with Crippen LogP contribution in [-0.4, -0.2) is 189 Å². The molecule has 8 bridgehead atoms. The molecule has 26 heteroatoms. The van der Waals surface area contributed by atoms with Crippen molar-refractivity contribution >= 4 is 78.6 Å². The molecule has 6 heterocycles. The standard InChI is InChI=1S/2C37H49ClN4O7S/c2*1-40(2)50(46,47)39-35(44)37(45)20-34(43)41(3)15-12-24-13-16-48-33(17-24)29-9-6-26(29)21-42-22-36(23-49-32-11-7-27(37)19-31(32)42)14-4-5-25-18-28(38)8-10-30(25)36/h2*7-8,10-11,18-19,24,26,29,33,45H,4-6,9,12-17,20-23H2,1-3H3,(H,39,44)/t24-,26+,29-,33+,36+,37+;24-,26+,29-,33+,36+,37-/m11/s1. The van der Waals surface area contributed by atoms with Crippen LogP contribution in [0.15, 0.2) is 72.8 Å². The van der Waals surface area contributed by atoms with E-state index in [0.717, 1.165) is 124 Å². The maximum atomic E-state index is 13.9. The highest BCUT2D eigenvalue weighted by Crippen LogP contribution is 2.52. The fourth-order valence-corrected chi connectivity index (χ4v) is 19.3. The fraction of sp³-hybridized carbons (Fsp3) is 0.622. The first kappa shape index (κ1) is 72.5. The zero-order valence-electron chi connectivity index (χ0n) is 58.4. The third-order valence-corrected chi connectivity index (χ3v) is 27.5. The van der Waals surface area contributed by atoms with Gasteiger partial charge in [-0.3, -0.25) is 19.2 Å². The smallest absolute Gasteiger partial charge is 0.303 e. The van der Waals surface area contributed by atoms with Crippen LogP contribution in [0.5, 0.6) is 11.5 Å². The molecule has 4 N–H and O–H groups in total. The van der Waals surface area contributed by atoms with E-state index in [-0.39, 0.29) is 34.2 Å². The number of halogens is 2. The highest BCUT2D eigenvalue weighted by molar-refractivity contribution is 7.88. The van der Waals surface area contributed by atoms with Crippen molar-refractivity contribution in [3.63, 3.8) is 0 Å². The third-order valence-electron chi connectivity index (χ3n) is 24.3. The Morgan fingerprint density at radius 3 is 1.35 bits per heavy atom. The van der Waals surface area contributed by atoms with Crippen LogP contribution in [0.1, 0.15) is 136 Å². The molecule has 4 aliphatic carbocycles. The second-order valence-corrected chi connectivity index (χ2v) is 35.5. The van der Waals surface area contributed by atoms with E-state index in [2.05, 4.69) is 34.1 Å². The van der Waals surface area contributed by atoms with Gasteiger partial charge in [0.2, 0.25) is 11.8 Å². The van der Waals surface area contributed by atoms with Gasteiger partial charge in [-0.05, 0) is 220 Å². The van der Waals surface area contributed by atoms with Gasteiger partial charge in [0.25, 0.3) is 11.8 Å². The van der Waals surface area contributed by atoms with Crippen LogP contribution < -0.4 is 28.7 Å². The number of rotatable bonds is 6. The maximum absolute atomic E-state index is 13.9. The van der Waals surface area contributed by atoms with Crippen LogP contribution in [0.25, 0.3) is 0 Å². The number of amides is 4. The summed E-state index contributed by atoms with van der Waals surface area (Å²) in [6.07, 6.45) is 14.5. The van der Waals surface area contributed by atoms with Gasteiger partial charge in [-0.15, -0.1) is 0 Å². The Balaban J connectivity index is 0.000000179. The molecule has 6 aliphatic heterocycles. The molecular formula is C74H98Cl2N8O14S2. The average molecular weight is 1460 g/mol. The van der Waals surface area contributed by atoms with Crippen molar-refractivity contribution in [1.82, 2.24) is 27.9 Å². The first-order chi connectivity index (χ1) is 47.6. The van der Waals surface area contributed by atoms with E-state index >= 15 is 0 Å². The van der Waals surface area contributed by atoms with Crippen molar-refractivity contribution in [2.75, 3.05) is 118 Å². The van der Waals surface area contributed by atoms with E-state index in [9.17, 15) is 46.2 Å². The Hall–Kier alpha value is -5.80. The minimum absolute atomic E-state index is 0.127. The second kappa shape index (κ2) is 28.7. The average Bonchev–Trinajstić information content (AvgIpc) is 1.50. The first-order valence-electron chi connectivity index (χ1n) is 35.8. The fourth-order valence-electron chi connectivity index (χ4n) is 17.8. The summed E-state index contributed by atoms with van der Waals surface area (Å²) in [6, 6.07) is 22.4. The molecule has 544 valence electrons.